The van der Waals surface area contributed by atoms with E-state index >= 15 is 0 Å². The van der Waals surface area contributed by atoms with Crippen molar-refractivity contribution in [3.05, 3.63) is 70.1 Å². The standard InChI is InChI=1S/C18H17ClN2O2S2/c1-12-6-11-18(24-12)25(22,23)21-15-9-7-14(8-10-15)20-17-5-3-4-16(19)13(17)2/h3-11,20-21H,1-2H3. The highest BCUT2D eigenvalue weighted by Crippen LogP contribution is 2.28. The van der Waals surface area contributed by atoms with E-state index in [1.165, 1.54) is 11.3 Å². The summed E-state index contributed by atoms with van der Waals surface area (Å²) in [5, 5.41) is 3.97. The van der Waals surface area contributed by atoms with Gasteiger partial charge < -0.3 is 5.32 Å². The Hall–Kier alpha value is -2.02. The van der Waals surface area contributed by atoms with Crippen molar-refractivity contribution in [1.82, 2.24) is 0 Å². The van der Waals surface area contributed by atoms with Crippen LogP contribution in [0.5, 0.6) is 0 Å². The van der Waals surface area contributed by atoms with Crippen LogP contribution in [0.3, 0.4) is 0 Å². The summed E-state index contributed by atoms with van der Waals surface area (Å²) in [5.41, 5.74) is 3.23. The molecule has 0 amide bonds. The lowest BCUT2D eigenvalue weighted by Crippen LogP contribution is -2.11. The maximum absolute atomic E-state index is 12.3. The van der Waals surface area contributed by atoms with Gasteiger partial charge in [-0.3, -0.25) is 4.72 Å². The minimum absolute atomic E-state index is 0.307. The zero-order valence-corrected chi connectivity index (χ0v) is 16.1. The number of anilines is 3. The van der Waals surface area contributed by atoms with Gasteiger partial charge in [0.25, 0.3) is 10.0 Å². The molecule has 0 unspecified atom stereocenters. The molecule has 0 aliphatic rings. The van der Waals surface area contributed by atoms with E-state index < -0.39 is 10.0 Å². The first kappa shape index (κ1) is 17.8. The van der Waals surface area contributed by atoms with Crippen LogP contribution >= 0.6 is 22.9 Å². The highest BCUT2D eigenvalue weighted by atomic mass is 35.5. The molecule has 0 saturated heterocycles. The summed E-state index contributed by atoms with van der Waals surface area (Å²) in [5.74, 6) is 0. The number of sulfonamides is 1. The highest BCUT2D eigenvalue weighted by Gasteiger charge is 2.16. The van der Waals surface area contributed by atoms with E-state index in [1.54, 1.807) is 24.3 Å². The van der Waals surface area contributed by atoms with Crippen molar-refractivity contribution >= 4 is 50.0 Å². The third-order valence-electron chi connectivity index (χ3n) is 3.66. The summed E-state index contributed by atoms with van der Waals surface area (Å²) in [4.78, 5) is 0.955. The number of nitrogens with one attached hydrogen (secondary N) is 2. The Balaban J connectivity index is 1.75. The van der Waals surface area contributed by atoms with Gasteiger partial charge in [0, 0.05) is 27.0 Å². The molecular formula is C18H17ClN2O2S2. The van der Waals surface area contributed by atoms with E-state index in [2.05, 4.69) is 10.0 Å². The molecule has 2 N–H and O–H groups in total. The summed E-state index contributed by atoms with van der Waals surface area (Å²) >= 11 is 7.37. The Labute approximate surface area is 156 Å². The fourth-order valence-corrected chi connectivity index (χ4v) is 4.80. The van der Waals surface area contributed by atoms with E-state index in [-0.39, 0.29) is 0 Å². The molecule has 2 aromatic carbocycles. The minimum Gasteiger partial charge on any atom is -0.355 e. The monoisotopic (exact) mass is 392 g/mol. The van der Waals surface area contributed by atoms with Crippen LogP contribution in [-0.4, -0.2) is 8.42 Å². The molecule has 0 saturated carbocycles. The van der Waals surface area contributed by atoms with Gasteiger partial charge in [-0.15, -0.1) is 11.3 Å². The quantitative estimate of drug-likeness (QED) is 0.597. The average Bonchev–Trinajstić information content (AvgIpc) is 3.01. The summed E-state index contributed by atoms with van der Waals surface area (Å²) < 4.78 is 27.6. The number of halogens is 1. The molecule has 3 aromatic rings. The molecule has 0 radical (unpaired) electrons. The second-order valence-corrected chi connectivity index (χ2v) is 9.19. The molecule has 1 aromatic heterocycles. The van der Waals surface area contributed by atoms with Gasteiger partial charge in [0.2, 0.25) is 0 Å². The zero-order valence-electron chi connectivity index (χ0n) is 13.7. The van der Waals surface area contributed by atoms with Gasteiger partial charge >= 0.3 is 0 Å². The Bertz CT molecular complexity index is 996. The molecule has 3 rings (SSSR count). The molecule has 0 aliphatic carbocycles. The Morgan fingerprint density at radius 1 is 0.920 bits per heavy atom. The molecule has 7 heteroatoms. The maximum atomic E-state index is 12.3. The number of thiophene rings is 1. The minimum atomic E-state index is -3.55. The zero-order chi connectivity index (χ0) is 18.0. The van der Waals surface area contributed by atoms with Crippen LogP contribution in [0, 0.1) is 13.8 Å². The first-order valence-corrected chi connectivity index (χ1v) is 10.2. The first-order chi connectivity index (χ1) is 11.8. The second kappa shape index (κ2) is 7.07. The second-order valence-electron chi connectivity index (χ2n) is 5.59. The number of hydrogen-bond donors (Lipinski definition) is 2. The van der Waals surface area contributed by atoms with E-state index in [1.807, 2.05) is 44.2 Å². The van der Waals surface area contributed by atoms with Crippen molar-refractivity contribution in [1.29, 1.82) is 0 Å². The molecule has 0 fully saturated rings. The molecular weight excluding hydrogens is 376 g/mol. The fourth-order valence-electron chi connectivity index (χ4n) is 2.28. The van der Waals surface area contributed by atoms with Crippen molar-refractivity contribution in [3.8, 4) is 0 Å². The van der Waals surface area contributed by atoms with Crippen LogP contribution in [0.4, 0.5) is 17.1 Å². The third kappa shape index (κ3) is 4.15. The maximum Gasteiger partial charge on any atom is 0.271 e. The largest absolute Gasteiger partial charge is 0.355 e. The van der Waals surface area contributed by atoms with Crippen molar-refractivity contribution in [2.75, 3.05) is 10.0 Å². The summed E-state index contributed by atoms with van der Waals surface area (Å²) in [6.45, 7) is 3.82. The highest BCUT2D eigenvalue weighted by molar-refractivity contribution is 7.94. The SMILES string of the molecule is Cc1ccc(S(=O)(=O)Nc2ccc(Nc3cccc(Cl)c3C)cc2)s1. The van der Waals surface area contributed by atoms with Crippen LogP contribution in [0.25, 0.3) is 0 Å². The molecule has 0 atom stereocenters. The normalized spacial score (nSPS) is 11.3. The van der Waals surface area contributed by atoms with Crippen LogP contribution in [0.1, 0.15) is 10.4 Å². The van der Waals surface area contributed by atoms with Crippen molar-refractivity contribution < 1.29 is 8.42 Å². The van der Waals surface area contributed by atoms with Crippen LogP contribution in [-0.2, 0) is 10.0 Å². The number of aryl methyl sites for hydroxylation is 1. The smallest absolute Gasteiger partial charge is 0.271 e. The van der Waals surface area contributed by atoms with E-state index in [9.17, 15) is 8.42 Å². The average molecular weight is 393 g/mol. The van der Waals surface area contributed by atoms with Crippen molar-refractivity contribution in [2.45, 2.75) is 18.1 Å². The summed E-state index contributed by atoms with van der Waals surface area (Å²) in [6.07, 6.45) is 0. The topological polar surface area (TPSA) is 58.2 Å². The Morgan fingerprint density at radius 3 is 2.24 bits per heavy atom. The van der Waals surface area contributed by atoms with Gasteiger partial charge in [-0.05, 0) is 67.9 Å². The Morgan fingerprint density at radius 2 is 1.60 bits per heavy atom. The molecule has 1 heterocycles. The molecule has 4 nitrogen and oxygen atoms in total. The Kier molecular flexibility index (Phi) is 5.03. The predicted molar refractivity (Wildman–Crippen MR) is 106 cm³/mol. The van der Waals surface area contributed by atoms with E-state index in [0.29, 0.717) is 14.9 Å². The van der Waals surface area contributed by atoms with Gasteiger partial charge in [0.15, 0.2) is 0 Å². The van der Waals surface area contributed by atoms with E-state index in [4.69, 9.17) is 11.6 Å². The van der Waals surface area contributed by atoms with Gasteiger partial charge in [-0.2, -0.15) is 0 Å². The van der Waals surface area contributed by atoms with E-state index in [0.717, 1.165) is 21.8 Å². The van der Waals surface area contributed by atoms with Crippen LogP contribution < -0.4 is 10.0 Å². The van der Waals surface area contributed by atoms with Crippen LogP contribution in [0.15, 0.2) is 58.8 Å². The van der Waals surface area contributed by atoms with Crippen LogP contribution in [0.2, 0.25) is 5.02 Å². The molecule has 0 bridgehead atoms. The lowest BCUT2D eigenvalue weighted by atomic mass is 10.2. The lowest BCUT2D eigenvalue weighted by molar-refractivity contribution is 0.603. The fraction of sp³-hybridized carbons (Fsp3) is 0.111. The molecule has 0 spiro atoms. The third-order valence-corrected chi connectivity index (χ3v) is 6.95. The first-order valence-electron chi connectivity index (χ1n) is 7.56. The predicted octanol–water partition coefficient (Wildman–Crippen LogP) is 5.56. The lowest BCUT2D eigenvalue weighted by Gasteiger charge is -2.12. The van der Waals surface area contributed by atoms with Gasteiger partial charge in [-0.1, -0.05) is 17.7 Å². The number of benzene rings is 2. The molecule has 0 aliphatic heterocycles. The van der Waals surface area contributed by atoms with Crippen molar-refractivity contribution in [2.24, 2.45) is 0 Å². The summed E-state index contributed by atoms with van der Waals surface area (Å²) in [7, 11) is -3.55. The number of rotatable bonds is 5. The van der Waals surface area contributed by atoms with Gasteiger partial charge in [0.05, 0.1) is 0 Å². The molecule has 130 valence electrons. The van der Waals surface area contributed by atoms with Gasteiger partial charge in [0.1, 0.15) is 4.21 Å². The molecule has 25 heavy (non-hydrogen) atoms. The number of hydrogen-bond acceptors (Lipinski definition) is 4. The van der Waals surface area contributed by atoms with Crippen molar-refractivity contribution in [3.63, 3.8) is 0 Å². The van der Waals surface area contributed by atoms with Gasteiger partial charge in [-0.25, -0.2) is 8.42 Å². The summed E-state index contributed by atoms with van der Waals surface area (Å²) in [6, 6.07) is 16.1.